The van der Waals surface area contributed by atoms with E-state index >= 15 is 0 Å². The van der Waals surface area contributed by atoms with Crippen LogP contribution in [0.3, 0.4) is 0 Å². The van der Waals surface area contributed by atoms with Crippen LogP contribution in [0, 0.1) is 11.6 Å². The highest BCUT2D eigenvalue weighted by Gasteiger charge is 2.10. The zero-order valence-electron chi connectivity index (χ0n) is 13.8. The normalized spacial score (nSPS) is 11.7. The number of pyridine rings is 1. The number of rotatable bonds is 3. The molecule has 0 amide bonds. The number of nitrogens with two attached hydrogens (primary N) is 1. The quantitative estimate of drug-likeness (QED) is 0.620. The van der Waals surface area contributed by atoms with Crippen LogP contribution in [-0.2, 0) is 6.54 Å². The maximum Gasteiger partial charge on any atom is 0.165 e. The molecule has 2 N–H and O–H groups in total. The number of halogens is 2. The van der Waals surface area contributed by atoms with Gasteiger partial charge in [0.05, 0.1) is 19.9 Å². The fourth-order valence-corrected chi connectivity index (χ4v) is 2.53. The monoisotopic (exact) mass is 339 g/mol. The summed E-state index contributed by atoms with van der Waals surface area (Å²) in [6.45, 7) is 0.297. The van der Waals surface area contributed by atoms with Crippen molar-refractivity contribution in [2.45, 2.75) is 6.54 Å². The summed E-state index contributed by atoms with van der Waals surface area (Å²) in [4.78, 5) is 16.4. The predicted molar refractivity (Wildman–Crippen MR) is 88.4 cm³/mol. The minimum Gasteiger partial charge on any atom is -0.382 e. The fourth-order valence-electron chi connectivity index (χ4n) is 2.53. The number of nitrogens with zero attached hydrogens (tertiary/aromatic N) is 5. The molecule has 8 heteroatoms. The minimum absolute atomic E-state index is 0.209. The molecule has 4 rings (SSSR count). The van der Waals surface area contributed by atoms with Crippen molar-refractivity contribution >= 4 is 17.0 Å². The number of hydrogen-bond donors (Lipinski definition) is 1. The Labute approximate surface area is 142 Å². The first-order chi connectivity index (χ1) is 12.5. The number of hydrogen-bond acceptors (Lipinski definition) is 5. The molecular weight excluding hydrogens is 326 g/mol. The van der Waals surface area contributed by atoms with E-state index in [0.29, 0.717) is 34.5 Å². The molecule has 0 atom stereocenters. The van der Waals surface area contributed by atoms with Gasteiger partial charge in [-0.15, -0.1) is 0 Å². The van der Waals surface area contributed by atoms with Gasteiger partial charge < -0.3 is 10.3 Å². The van der Waals surface area contributed by atoms with Crippen LogP contribution in [0.15, 0.2) is 49.2 Å². The van der Waals surface area contributed by atoms with E-state index in [0.717, 1.165) is 12.1 Å². The third-order valence-electron chi connectivity index (χ3n) is 3.75. The summed E-state index contributed by atoms with van der Waals surface area (Å²) in [7, 11) is 0. The minimum atomic E-state index is -0.950. The van der Waals surface area contributed by atoms with Gasteiger partial charge in [0, 0.05) is 11.8 Å². The molecule has 0 aliphatic carbocycles. The van der Waals surface area contributed by atoms with Gasteiger partial charge in [0.1, 0.15) is 11.8 Å². The maximum atomic E-state index is 13.5. The molecule has 1 aromatic carbocycles. The molecule has 25 heavy (non-hydrogen) atoms. The van der Waals surface area contributed by atoms with Gasteiger partial charge in [0.15, 0.2) is 23.1 Å². The van der Waals surface area contributed by atoms with Gasteiger partial charge in [-0.3, -0.25) is 4.98 Å². The molecule has 0 fully saturated rings. The van der Waals surface area contributed by atoms with Crippen molar-refractivity contribution < 1.29 is 10.2 Å². The van der Waals surface area contributed by atoms with E-state index in [-0.39, 0.29) is 11.9 Å². The van der Waals surface area contributed by atoms with Crippen molar-refractivity contribution in [3.8, 4) is 11.3 Å². The lowest BCUT2D eigenvalue weighted by atomic mass is 10.1. The summed E-state index contributed by atoms with van der Waals surface area (Å²) in [6.07, 6.45) is 4.28. The van der Waals surface area contributed by atoms with Crippen LogP contribution in [-0.4, -0.2) is 24.5 Å². The summed E-state index contributed by atoms with van der Waals surface area (Å²) >= 11 is 0. The van der Waals surface area contributed by atoms with Gasteiger partial charge in [0.2, 0.25) is 0 Å². The van der Waals surface area contributed by atoms with E-state index in [2.05, 4.69) is 19.9 Å². The predicted octanol–water partition coefficient (Wildman–Crippen LogP) is 2.80. The smallest absolute Gasteiger partial charge is 0.165 e. The van der Waals surface area contributed by atoms with E-state index in [4.69, 9.17) is 7.10 Å². The second-order valence-corrected chi connectivity index (χ2v) is 5.39. The molecule has 0 unspecified atom stereocenters. The molecule has 0 aliphatic heterocycles. The van der Waals surface area contributed by atoms with Crippen molar-refractivity contribution in [3.05, 3.63) is 66.4 Å². The van der Waals surface area contributed by atoms with E-state index in [1.165, 1.54) is 18.6 Å². The lowest BCUT2D eigenvalue weighted by molar-refractivity contribution is 0.509. The molecule has 0 radical (unpaired) electrons. The lowest BCUT2D eigenvalue weighted by Crippen LogP contribution is -2.01. The van der Waals surface area contributed by atoms with Crippen LogP contribution >= 0.6 is 0 Å². The molecule has 6 nitrogen and oxygen atoms in total. The van der Waals surface area contributed by atoms with Crippen LogP contribution in [0.5, 0.6) is 0 Å². The zero-order valence-corrected chi connectivity index (χ0v) is 12.8. The Morgan fingerprint density at radius 3 is 2.80 bits per heavy atom. The summed E-state index contributed by atoms with van der Waals surface area (Å²) < 4.78 is 36.4. The Morgan fingerprint density at radius 2 is 1.96 bits per heavy atom. The van der Waals surface area contributed by atoms with Gasteiger partial charge in [-0.05, 0) is 35.9 Å². The van der Waals surface area contributed by atoms with Crippen molar-refractivity contribution in [1.82, 2.24) is 24.5 Å². The average molecular weight is 339 g/mol. The van der Waals surface area contributed by atoms with Gasteiger partial charge in [0.25, 0.3) is 0 Å². The van der Waals surface area contributed by atoms with Crippen molar-refractivity contribution in [2.24, 2.45) is 0 Å². The molecule has 4 aromatic rings. The average Bonchev–Trinajstić information content (AvgIpc) is 3.04. The first-order valence-corrected chi connectivity index (χ1v) is 7.35. The third kappa shape index (κ3) is 2.78. The lowest BCUT2D eigenvalue weighted by Gasteiger charge is -2.07. The van der Waals surface area contributed by atoms with E-state index in [1.807, 2.05) is 0 Å². The van der Waals surface area contributed by atoms with E-state index in [1.54, 1.807) is 17.0 Å². The molecule has 124 valence electrons. The molecule has 0 saturated carbocycles. The van der Waals surface area contributed by atoms with Gasteiger partial charge >= 0.3 is 0 Å². The number of nitrogen functional groups attached to an aromatic ring is 1. The molecule has 0 aliphatic rings. The second-order valence-electron chi connectivity index (χ2n) is 5.39. The molecule has 0 spiro atoms. The summed E-state index contributed by atoms with van der Waals surface area (Å²) in [5.41, 5.74) is 8.29. The number of imidazole rings is 1. The van der Waals surface area contributed by atoms with Crippen molar-refractivity contribution in [3.63, 3.8) is 0 Å². The van der Waals surface area contributed by atoms with Gasteiger partial charge in [-0.25, -0.2) is 23.7 Å². The van der Waals surface area contributed by atoms with Gasteiger partial charge in [-0.1, -0.05) is 0 Å². The highest BCUT2D eigenvalue weighted by atomic mass is 19.2. The Bertz CT molecular complexity index is 1130. The van der Waals surface area contributed by atoms with E-state index < -0.39 is 11.6 Å². The summed E-state index contributed by atoms with van der Waals surface area (Å²) in [5.74, 6) is -1.60. The van der Waals surface area contributed by atoms with Crippen LogP contribution in [0.1, 0.15) is 6.93 Å². The number of aromatic nitrogens is 5. The van der Waals surface area contributed by atoms with Gasteiger partial charge in [-0.2, -0.15) is 0 Å². The van der Waals surface area contributed by atoms with Crippen LogP contribution in [0.25, 0.3) is 22.4 Å². The molecule has 0 saturated heterocycles. The Balaban J connectivity index is 1.74. The van der Waals surface area contributed by atoms with Crippen LogP contribution in [0.4, 0.5) is 14.6 Å². The molecular formula is C17H12F2N6. The molecule has 0 bridgehead atoms. The summed E-state index contributed by atoms with van der Waals surface area (Å²) in [5, 5.41) is 0. The Morgan fingerprint density at radius 1 is 1.08 bits per heavy atom. The molecule has 3 aromatic heterocycles. The largest absolute Gasteiger partial charge is 0.382 e. The fraction of sp³-hybridized carbons (Fsp3) is 0.0588. The summed E-state index contributed by atoms with van der Waals surface area (Å²) in [6, 6.07) is 5.43. The second kappa shape index (κ2) is 5.90. The third-order valence-corrected chi connectivity index (χ3v) is 3.75. The number of benzene rings is 1. The van der Waals surface area contributed by atoms with Crippen LogP contribution in [0.2, 0.25) is 0 Å². The van der Waals surface area contributed by atoms with Crippen molar-refractivity contribution in [2.75, 3.05) is 5.73 Å². The maximum absolute atomic E-state index is 13.5. The van der Waals surface area contributed by atoms with Crippen LogP contribution < -0.4 is 5.73 Å². The first kappa shape index (κ1) is 14.0. The van der Waals surface area contributed by atoms with Crippen molar-refractivity contribution in [1.29, 1.82) is 0 Å². The Hall–Kier alpha value is -3.42. The van der Waals surface area contributed by atoms with E-state index in [9.17, 15) is 8.78 Å². The zero-order chi connectivity index (χ0) is 18.3. The standard InChI is InChI=1S/C17H12F2N6/c18-12-2-1-11(6-13(12)19)14-5-10(3-4-21-14)7-25-9-24-15-16(20)22-8-23-17(15)25/h1-6,8-9H,7H2,(H2,20,22,23)/i3D. The SMILES string of the molecule is [2H]c1cnc(-c2ccc(F)c(F)c2)cc1Cn1cnc2c(N)ncnc21. The Kier molecular flexibility index (Phi) is 3.29. The topological polar surface area (TPSA) is 82.5 Å². The number of anilines is 1. The highest BCUT2D eigenvalue weighted by Crippen LogP contribution is 2.22. The molecule has 3 heterocycles. The number of fused-ring (bicyclic) bond motifs is 1. The highest BCUT2D eigenvalue weighted by molar-refractivity contribution is 5.81. The first-order valence-electron chi connectivity index (χ1n) is 7.85.